The Morgan fingerprint density at radius 3 is 2.83 bits per heavy atom. The van der Waals surface area contributed by atoms with E-state index in [1.165, 1.54) is 5.69 Å². The summed E-state index contributed by atoms with van der Waals surface area (Å²) in [6.07, 6.45) is 5.23. The zero-order valence-corrected chi connectivity index (χ0v) is 18.2. The highest BCUT2D eigenvalue weighted by molar-refractivity contribution is 5.78. The number of hydrogen-bond acceptors (Lipinski definition) is 6. The molecule has 1 aliphatic heterocycles. The molecule has 0 radical (unpaired) electrons. The Hall–Kier alpha value is -2.77. The summed E-state index contributed by atoms with van der Waals surface area (Å²) in [6.45, 7) is 11.2. The van der Waals surface area contributed by atoms with Crippen molar-refractivity contribution in [3.8, 4) is 11.3 Å². The second-order valence-corrected chi connectivity index (χ2v) is 8.51. The quantitative estimate of drug-likeness (QED) is 0.671. The van der Waals surface area contributed by atoms with Crippen LogP contribution in [0.1, 0.15) is 32.8 Å². The molecular weight excluding hydrogens is 378 g/mol. The molecule has 0 bridgehead atoms. The summed E-state index contributed by atoms with van der Waals surface area (Å²) in [5.74, 6) is 0. The number of rotatable bonds is 5. The Morgan fingerprint density at radius 1 is 1.33 bits per heavy atom. The molecule has 0 saturated carbocycles. The van der Waals surface area contributed by atoms with Gasteiger partial charge in [-0.15, -0.1) is 0 Å². The largest absolute Gasteiger partial charge is 0.380 e. The molecule has 0 aliphatic carbocycles. The number of nitrogens with one attached hydrogen (secondary N) is 2. The summed E-state index contributed by atoms with van der Waals surface area (Å²) >= 11 is 0. The highest BCUT2D eigenvalue weighted by atomic mass is 16.5. The fourth-order valence-electron chi connectivity index (χ4n) is 3.59. The number of carbonyl (C=O) groups excluding carboxylic acids is 1. The molecule has 1 atom stereocenters. The van der Waals surface area contributed by atoms with Gasteiger partial charge in [0.05, 0.1) is 18.0 Å². The van der Waals surface area contributed by atoms with Gasteiger partial charge >= 0.3 is 0 Å². The van der Waals surface area contributed by atoms with Crippen molar-refractivity contribution in [1.29, 1.82) is 0 Å². The molecular formula is C23H31N5O2. The van der Waals surface area contributed by atoms with Crippen molar-refractivity contribution in [2.24, 2.45) is 0 Å². The predicted molar refractivity (Wildman–Crippen MR) is 121 cm³/mol. The maximum Gasteiger partial charge on any atom is 0.156 e. The smallest absolute Gasteiger partial charge is 0.156 e. The highest BCUT2D eigenvalue weighted by Gasteiger charge is 2.22. The Bertz CT molecular complexity index is 979. The maximum atomic E-state index is 8.00. The second-order valence-electron chi connectivity index (χ2n) is 8.51. The van der Waals surface area contributed by atoms with Crippen molar-refractivity contribution in [3.05, 3.63) is 42.2 Å². The van der Waals surface area contributed by atoms with Crippen LogP contribution in [-0.4, -0.2) is 53.6 Å². The van der Waals surface area contributed by atoms with Crippen LogP contribution in [0.3, 0.4) is 0 Å². The zero-order chi connectivity index (χ0) is 21.7. The van der Waals surface area contributed by atoms with Crippen molar-refractivity contribution in [2.45, 2.75) is 45.4 Å². The molecule has 7 heteroatoms. The molecule has 2 aromatic heterocycles. The molecule has 160 valence electrons. The predicted octanol–water partition coefficient (Wildman–Crippen LogP) is 3.55. The first kappa shape index (κ1) is 21.9. The van der Waals surface area contributed by atoms with Crippen molar-refractivity contribution in [3.63, 3.8) is 0 Å². The van der Waals surface area contributed by atoms with Gasteiger partial charge in [-0.05, 0) is 39.3 Å². The van der Waals surface area contributed by atoms with Gasteiger partial charge < -0.3 is 24.7 Å². The first-order valence-corrected chi connectivity index (χ1v) is 10.2. The average Bonchev–Trinajstić information content (AvgIpc) is 3.40. The number of aromatic amines is 1. The number of aromatic nitrogens is 3. The molecule has 4 rings (SSSR count). The van der Waals surface area contributed by atoms with Crippen LogP contribution in [0.4, 0.5) is 5.69 Å². The van der Waals surface area contributed by atoms with Crippen LogP contribution in [-0.2, 0) is 16.1 Å². The Kier molecular flexibility index (Phi) is 6.84. The van der Waals surface area contributed by atoms with Crippen LogP contribution in [0.25, 0.3) is 22.4 Å². The fourth-order valence-corrected chi connectivity index (χ4v) is 3.59. The van der Waals surface area contributed by atoms with Gasteiger partial charge in [-0.3, -0.25) is 0 Å². The summed E-state index contributed by atoms with van der Waals surface area (Å²) in [6, 6.07) is 8.55. The molecule has 30 heavy (non-hydrogen) atoms. The van der Waals surface area contributed by atoms with E-state index in [1.54, 1.807) is 7.11 Å². The normalized spacial score (nSPS) is 16.5. The third-order valence-corrected chi connectivity index (χ3v) is 5.25. The van der Waals surface area contributed by atoms with Crippen molar-refractivity contribution in [1.82, 2.24) is 20.3 Å². The van der Waals surface area contributed by atoms with Crippen LogP contribution >= 0.6 is 0 Å². The van der Waals surface area contributed by atoms with E-state index in [4.69, 9.17) is 14.5 Å². The van der Waals surface area contributed by atoms with Crippen molar-refractivity contribution < 1.29 is 9.53 Å². The lowest BCUT2D eigenvalue weighted by atomic mass is 10.1. The lowest BCUT2D eigenvalue weighted by Crippen LogP contribution is -2.35. The van der Waals surface area contributed by atoms with Crippen LogP contribution < -0.4 is 10.2 Å². The van der Waals surface area contributed by atoms with Gasteiger partial charge in [0.25, 0.3) is 0 Å². The Morgan fingerprint density at radius 2 is 2.13 bits per heavy atom. The molecule has 1 aromatic carbocycles. The number of benzene rings is 1. The highest BCUT2D eigenvalue weighted by Crippen LogP contribution is 2.27. The SMILES string of the molecule is C=O.COC1CCN(c2cccc(-c3cnc4[nH]cc(CNC(C)(C)C)c4n3)c2)C1. The van der Waals surface area contributed by atoms with Gasteiger partial charge in [0.2, 0.25) is 0 Å². The molecule has 1 fully saturated rings. The number of methoxy groups -OCH3 is 1. The Balaban J connectivity index is 0.00000124. The van der Waals surface area contributed by atoms with Gasteiger partial charge in [-0.1, -0.05) is 12.1 Å². The van der Waals surface area contributed by atoms with E-state index in [1.807, 2.05) is 19.2 Å². The van der Waals surface area contributed by atoms with E-state index in [2.05, 4.69) is 65.2 Å². The van der Waals surface area contributed by atoms with E-state index in [9.17, 15) is 0 Å². The first-order valence-electron chi connectivity index (χ1n) is 10.2. The van der Waals surface area contributed by atoms with Gasteiger partial charge in [-0.25, -0.2) is 9.97 Å². The molecule has 2 N–H and O–H groups in total. The number of ether oxygens (including phenoxy) is 1. The summed E-state index contributed by atoms with van der Waals surface area (Å²) < 4.78 is 5.50. The number of nitrogens with zero attached hydrogens (tertiary/aromatic N) is 3. The lowest BCUT2D eigenvalue weighted by molar-refractivity contribution is -0.0979. The van der Waals surface area contributed by atoms with E-state index in [0.717, 1.165) is 54.0 Å². The number of carbonyl (C=O) groups is 1. The molecule has 1 unspecified atom stereocenters. The van der Waals surface area contributed by atoms with Crippen LogP contribution in [0.15, 0.2) is 36.7 Å². The second kappa shape index (κ2) is 9.36. The van der Waals surface area contributed by atoms with Crippen molar-refractivity contribution >= 4 is 23.6 Å². The lowest BCUT2D eigenvalue weighted by Gasteiger charge is -2.20. The van der Waals surface area contributed by atoms with Crippen LogP contribution in [0, 0.1) is 0 Å². The maximum absolute atomic E-state index is 8.00. The first-order chi connectivity index (χ1) is 14.4. The third kappa shape index (κ3) is 5.04. The minimum Gasteiger partial charge on any atom is -0.380 e. The molecule has 0 amide bonds. The van der Waals surface area contributed by atoms with E-state index < -0.39 is 0 Å². The zero-order valence-electron chi connectivity index (χ0n) is 18.2. The monoisotopic (exact) mass is 409 g/mol. The van der Waals surface area contributed by atoms with E-state index in [-0.39, 0.29) is 5.54 Å². The number of hydrogen-bond donors (Lipinski definition) is 2. The van der Waals surface area contributed by atoms with Crippen LogP contribution in [0.5, 0.6) is 0 Å². The number of H-pyrrole nitrogens is 1. The number of fused-ring (bicyclic) bond motifs is 1. The molecule has 1 aliphatic rings. The molecule has 0 spiro atoms. The fraction of sp³-hybridized carbons (Fsp3) is 0.435. The van der Waals surface area contributed by atoms with Gasteiger partial charge in [0, 0.05) is 55.3 Å². The van der Waals surface area contributed by atoms with Gasteiger partial charge in [-0.2, -0.15) is 0 Å². The molecule has 7 nitrogen and oxygen atoms in total. The molecule has 3 heterocycles. The summed E-state index contributed by atoms with van der Waals surface area (Å²) in [7, 11) is 1.79. The van der Waals surface area contributed by atoms with Gasteiger partial charge in [0.1, 0.15) is 12.3 Å². The van der Waals surface area contributed by atoms with E-state index >= 15 is 0 Å². The summed E-state index contributed by atoms with van der Waals surface area (Å²) in [5.41, 5.74) is 6.14. The van der Waals surface area contributed by atoms with Gasteiger partial charge in [0.15, 0.2) is 5.65 Å². The number of anilines is 1. The van der Waals surface area contributed by atoms with Crippen molar-refractivity contribution in [2.75, 3.05) is 25.1 Å². The third-order valence-electron chi connectivity index (χ3n) is 5.25. The van der Waals surface area contributed by atoms with Crippen LogP contribution in [0.2, 0.25) is 0 Å². The average molecular weight is 410 g/mol. The molecule has 3 aromatic rings. The summed E-state index contributed by atoms with van der Waals surface area (Å²) in [4.78, 5) is 23.1. The summed E-state index contributed by atoms with van der Waals surface area (Å²) in [5, 5.41) is 3.53. The Labute approximate surface area is 177 Å². The standard InChI is InChI=1S/C22H29N5O.CH2O/c1-22(2,3)25-12-16-11-23-21-20(16)26-19(13-24-21)15-6-5-7-17(10-15)27-9-8-18(14-27)28-4;1-2/h5-7,10-11,13,18,25H,8-9,12,14H2,1-4H3,(H,23,24);1H2. The topological polar surface area (TPSA) is 83.1 Å². The minimum absolute atomic E-state index is 0.0543. The molecule has 1 saturated heterocycles. The van der Waals surface area contributed by atoms with E-state index in [0.29, 0.717) is 6.10 Å². The minimum atomic E-state index is 0.0543.